The van der Waals surface area contributed by atoms with Gasteiger partial charge in [-0.3, -0.25) is 0 Å². The van der Waals surface area contributed by atoms with Crippen molar-refractivity contribution in [3.8, 4) is 0 Å². The molecule has 0 aliphatic carbocycles. The molecule has 0 aliphatic heterocycles. The van der Waals surface area contributed by atoms with Crippen LogP contribution in [-0.2, 0) is 14.3 Å². The average Bonchev–Trinajstić information content (AvgIpc) is 2.34. The predicted octanol–water partition coefficient (Wildman–Crippen LogP) is 3.14. The Kier molecular flexibility index (Phi) is 5.08. The fraction of sp³-hybridized carbons (Fsp3) is 0.375. The van der Waals surface area contributed by atoms with Crippen molar-refractivity contribution in [3.63, 3.8) is 0 Å². The largest absolute Gasteiger partial charge is 0.465 e. The second kappa shape index (κ2) is 6.37. The smallest absolute Gasteiger partial charge is 0.337 e. The molecule has 108 valence electrons. The van der Waals surface area contributed by atoms with E-state index in [1.54, 1.807) is 24.3 Å². The van der Waals surface area contributed by atoms with Gasteiger partial charge in [-0.25, -0.2) is 9.59 Å². The Morgan fingerprint density at radius 3 is 2.35 bits per heavy atom. The van der Waals surface area contributed by atoms with Gasteiger partial charge in [0.15, 0.2) is 0 Å². The van der Waals surface area contributed by atoms with E-state index in [1.165, 1.54) is 13.2 Å². The van der Waals surface area contributed by atoms with E-state index in [0.717, 1.165) is 11.1 Å². The second-order valence-electron chi connectivity index (χ2n) is 5.43. The minimum atomic E-state index is -0.509. The van der Waals surface area contributed by atoms with E-state index in [1.807, 2.05) is 27.7 Å². The molecule has 0 fully saturated rings. The highest BCUT2D eigenvalue weighted by Gasteiger charge is 2.14. The van der Waals surface area contributed by atoms with E-state index < -0.39 is 11.6 Å². The number of rotatable bonds is 3. The van der Waals surface area contributed by atoms with Crippen LogP contribution in [0, 0.1) is 6.92 Å². The van der Waals surface area contributed by atoms with Crippen LogP contribution in [0.4, 0.5) is 0 Å². The summed E-state index contributed by atoms with van der Waals surface area (Å²) in [6.07, 6.45) is 3.05. The molecule has 0 heterocycles. The first-order valence-electron chi connectivity index (χ1n) is 6.33. The zero-order valence-electron chi connectivity index (χ0n) is 12.5. The molecule has 20 heavy (non-hydrogen) atoms. The van der Waals surface area contributed by atoms with E-state index in [4.69, 9.17) is 4.74 Å². The van der Waals surface area contributed by atoms with Gasteiger partial charge in [0.1, 0.15) is 5.60 Å². The molecule has 0 bridgehead atoms. The van der Waals surface area contributed by atoms with E-state index in [0.29, 0.717) is 5.56 Å². The van der Waals surface area contributed by atoms with Crippen molar-refractivity contribution in [1.82, 2.24) is 0 Å². The maximum absolute atomic E-state index is 11.6. The lowest BCUT2D eigenvalue weighted by Crippen LogP contribution is -2.22. The van der Waals surface area contributed by atoms with Gasteiger partial charge >= 0.3 is 11.9 Å². The van der Waals surface area contributed by atoms with Crippen LogP contribution in [-0.4, -0.2) is 24.6 Å². The molecule has 0 aliphatic rings. The molecule has 0 saturated heterocycles. The molecule has 0 aromatic heterocycles. The highest BCUT2D eigenvalue weighted by atomic mass is 16.6. The molecule has 4 nitrogen and oxygen atoms in total. The van der Waals surface area contributed by atoms with Crippen molar-refractivity contribution in [1.29, 1.82) is 0 Å². The highest BCUT2D eigenvalue weighted by molar-refractivity contribution is 5.91. The van der Waals surface area contributed by atoms with E-state index >= 15 is 0 Å². The first-order valence-corrected chi connectivity index (χ1v) is 6.33. The summed E-state index contributed by atoms with van der Waals surface area (Å²) in [5, 5.41) is 0. The number of aryl methyl sites for hydroxylation is 1. The molecule has 0 saturated carbocycles. The number of hydrogen-bond donors (Lipinski definition) is 0. The van der Waals surface area contributed by atoms with Gasteiger partial charge in [0.05, 0.1) is 12.7 Å². The first-order chi connectivity index (χ1) is 9.23. The SMILES string of the molecule is COC(=O)c1ccc(C=CC(=O)OC(C)(C)C)c(C)c1. The molecule has 0 N–H and O–H groups in total. The van der Waals surface area contributed by atoms with Gasteiger partial charge in [0.25, 0.3) is 0 Å². The molecule has 0 unspecified atom stereocenters. The lowest BCUT2D eigenvalue weighted by atomic mass is 10.0. The molecule has 0 atom stereocenters. The van der Waals surface area contributed by atoms with Crippen molar-refractivity contribution in [3.05, 3.63) is 41.0 Å². The van der Waals surface area contributed by atoms with E-state index in [-0.39, 0.29) is 5.97 Å². The van der Waals surface area contributed by atoms with Gasteiger partial charge in [-0.2, -0.15) is 0 Å². The minimum absolute atomic E-state index is 0.379. The quantitative estimate of drug-likeness (QED) is 0.628. The van der Waals surface area contributed by atoms with Crippen LogP contribution in [0.25, 0.3) is 6.08 Å². The summed E-state index contributed by atoms with van der Waals surface area (Å²) in [4.78, 5) is 23.0. The number of ether oxygens (including phenoxy) is 2. The number of methoxy groups -OCH3 is 1. The summed E-state index contributed by atoms with van der Waals surface area (Å²) in [7, 11) is 1.34. The summed E-state index contributed by atoms with van der Waals surface area (Å²) in [5.74, 6) is -0.773. The maximum atomic E-state index is 11.6. The van der Waals surface area contributed by atoms with Crippen molar-refractivity contribution in [2.45, 2.75) is 33.3 Å². The van der Waals surface area contributed by atoms with Crippen molar-refractivity contribution >= 4 is 18.0 Å². The molecule has 1 aromatic carbocycles. The normalized spacial score (nSPS) is 11.4. The molecule has 4 heteroatoms. The third-order valence-electron chi connectivity index (χ3n) is 2.50. The molecule has 0 radical (unpaired) electrons. The van der Waals surface area contributed by atoms with Crippen molar-refractivity contribution in [2.24, 2.45) is 0 Å². The fourth-order valence-electron chi connectivity index (χ4n) is 1.60. The Hall–Kier alpha value is -2.10. The zero-order chi connectivity index (χ0) is 15.3. The standard InChI is InChI=1S/C16H20O4/c1-11-10-13(15(18)19-5)7-6-12(11)8-9-14(17)20-16(2,3)4/h6-10H,1-5H3. The van der Waals surface area contributed by atoms with Crippen LogP contribution < -0.4 is 0 Å². The van der Waals surface area contributed by atoms with E-state index in [9.17, 15) is 9.59 Å². The number of carbonyl (C=O) groups excluding carboxylic acids is 2. The van der Waals surface area contributed by atoms with Gasteiger partial charge in [-0.05, 0) is 57.0 Å². The van der Waals surface area contributed by atoms with Gasteiger partial charge in [0.2, 0.25) is 0 Å². The maximum Gasteiger partial charge on any atom is 0.337 e. The van der Waals surface area contributed by atoms with Crippen molar-refractivity contribution < 1.29 is 19.1 Å². The number of hydrogen-bond acceptors (Lipinski definition) is 4. The molecular formula is C16H20O4. The summed E-state index contributed by atoms with van der Waals surface area (Å²) in [5.41, 5.74) is 1.71. The van der Waals surface area contributed by atoms with Crippen LogP contribution in [0.5, 0.6) is 0 Å². The molecule has 1 aromatic rings. The fourth-order valence-corrected chi connectivity index (χ4v) is 1.60. The van der Waals surface area contributed by atoms with Crippen LogP contribution >= 0.6 is 0 Å². The summed E-state index contributed by atoms with van der Waals surface area (Å²) >= 11 is 0. The number of benzene rings is 1. The van der Waals surface area contributed by atoms with Crippen LogP contribution in [0.2, 0.25) is 0 Å². The minimum Gasteiger partial charge on any atom is -0.465 e. The predicted molar refractivity (Wildman–Crippen MR) is 77.4 cm³/mol. The number of carbonyl (C=O) groups is 2. The summed E-state index contributed by atoms with van der Waals surface area (Å²) in [6.45, 7) is 7.31. The van der Waals surface area contributed by atoms with Gasteiger partial charge in [0, 0.05) is 6.08 Å². The Bertz CT molecular complexity index is 536. The lowest BCUT2D eigenvalue weighted by Gasteiger charge is -2.17. The summed E-state index contributed by atoms with van der Waals surface area (Å²) in [6, 6.07) is 5.15. The molecule has 1 rings (SSSR count). The number of esters is 2. The monoisotopic (exact) mass is 276 g/mol. The zero-order valence-corrected chi connectivity index (χ0v) is 12.5. The van der Waals surface area contributed by atoms with Crippen LogP contribution in [0.1, 0.15) is 42.3 Å². The van der Waals surface area contributed by atoms with Crippen LogP contribution in [0.15, 0.2) is 24.3 Å². The third-order valence-corrected chi connectivity index (χ3v) is 2.50. The first kappa shape index (κ1) is 16.0. The highest BCUT2D eigenvalue weighted by Crippen LogP contribution is 2.14. The lowest BCUT2D eigenvalue weighted by molar-refractivity contribution is -0.148. The third kappa shape index (κ3) is 4.88. The molecule has 0 spiro atoms. The average molecular weight is 276 g/mol. The Morgan fingerprint density at radius 2 is 1.85 bits per heavy atom. The van der Waals surface area contributed by atoms with E-state index in [2.05, 4.69) is 4.74 Å². The van der Waals surface area contributed by atoms with Gasteiger partial charge in [-0.15, -0.1) is 0 Å². The van der Waals surface area contributed by atoms with Gasteiger partial charge < -0.3 is 9.47 Å². The van der Waals surface area contributed by atoms with Crippen molar-refractivity contribution in [2.75, 3.05) is 7.11 Å². The summed E-state index contributed by atoms with van der Waals surface area (Å²) < 4.78 is 9.83. The topological polar surface area (TPSA) is 52.6 Å². The Morgan fingerprint density at radius 1 is 1.20 bits per heavy atom. The molecular weight excluding hydrogens is 256 g/mol. The van der Waals surface area contributed by atoms with Gasteiger partial charge in [-0.1, -0.05) is 6.07 Å². The Labute approximate surface area is 119 Å². The second-order valence-corrected chi connectivity index (χ2v) is 5.43. The molecule has 0 amide bonds. The van der Waals surface area contributed by atoms with Crippen LogP contribution in [0.3, 0.4) is 0 Å². The Balaban J connectivity index is 2.84.